The summed E-state index contributed by atoms with van der Waals surface area (Å²) in [5.74, 6) is 5.35. The Bertz CT molecular complexity index is 242. The van der Waals surface area contributed by atoms with Crippen molar-refractivity contribution >= 4 is 5.84 Å². The Hall–Kier alpha value is -1.58. The average Bonchev–Trinajstić information content (AvgIpc) is 2.06. The highest BCUT2D eigenvalue weighted by molar-refractivity contribution is 5.81. The fourth-order valence-electron chi connectivity index (χ4n) is 0.734. The molecule has 58 valence electrons. The number of hydrogen-bond donors (Lipinski definition) is 2. The van der Waals surface area contributed by atoms with Crippen molar-refractivity contribution < 1.29 is 0 Å². The van der Waals surface area contributed by atoms with E-state index in [9.17, 15) is 0 Å². The summed E-state index contributed by atoms with van der Waals surface area (Å²) >= 11 is 0. The van der Waals surface area contributed by atoms with Gasteiger partial charge in [0.2, 0.25) is 0 Å². The molecule has 11 heavy (non-hydrogen) atoms. The maximum absolute atomic E-state index is 5.39. The van der Waals surface area contributed by atoms with Gasteiger partial charge in [0, 0.05) is 18.3 Å². The molecule has 0 bridgehead atoms. The van der Waals surface area contributed by atoms with E-state index in [1.165, 1.54) is 0 Å². The molecule has 1 heterocycles. The smallest absolute Gasteiger partial charge is 0.125 e. The topological polar surface area (TPSA) is 77.3 Å². The van der Waals surface area contributed by atoms with Crippen LogP contribution in [0.3, 0.4) is 0 Å². The zero-order chi connectivity index (χ0) is 8.10. The van der Waals surface area contributed by atoms with Crippen molar-refractivity contribution in [3.8, 4) is 0 Å². The first-order valence-electron chi connectivity index (χ1n) is 3.25. The molecular weight excluding hydrogens is 140 g/mol. The van der Waals surface area contributed by atoms with E-state index in [1.807, 2.05) is 18.2 Å². The van der Waals surface area contributed by atoms with Crippen LogP contribution in [0.1, 0.15) is 5.69 Å². The van der Waals surface area contributed by atoms with Gasteiger partial charge >= 0.3 is 0 Å². The highest BCUT2D eigenvalue weighted by Crippen LogP contribution is 1.93. The second-order valence-corrected chi connectivity index (χ2v) is 2.12. The fourth-order valence-corrected chi connectivity index (χ4v) is 0.734. The maximum Gasteiger partial charge on any atom is 0.125 e. The Balaban J connectivity index is 2.65. The van der Waals surface area contributed by atoms with Gasteiger partial charge in [-0.2, -0.15) is 5.10 Å². The van der Waals surface area contributed by atoms with E-state index >= 15 is 0 Å². The van der Waals surface area contributed by atoms with E-state index in [1.54, 1.807) is 6.20 Å². The van der Waals surface area contributed by atoms with Crippen molar-refractivity contribution in [3.63, 3.8) is 0 Å². The Morgan fingerprint density at radius 2 is 2.36 bits per heavy atom. The predicted molar refractivity (Wildman–Crippen MR) is 43.8 cm³/mol. The van der Waals surface area contributed by atoms with Gasteiger partial charge in [0.25, 0.3) is 0 Å². The van der Waals surface area contributed by atoms with Crippen LogP contribution in [0.5, 0.6) is 0 Å². The first-order chi connectivity index (χ1) is 5.33. The molecule has 0 radical (unpaired) electrons. The third-order valence-corrected chi connectivity index (χ3v) is 1.25. The van der Waals surface area contributed by atoms with E-state index in [0.29, 0.717) is 12.3 Å². The lowest BCUT2D eigenvalue weighted by molar-refractivity contribution is 1.10. The third kappa shape index (κ3) is 2.25. The summed E-state index contributed by atoms with van der Waals surface area (Å²) in [4.78, 5) is 4.05. The molecule has 0 fully saturated rings. The van der Waals surface area contributed by atoms with Gasteiger partial charge in [0.1, 0.15) is 5.84 Å². The number of nitrogens with two attached hydrogens (primary N) is 2. The van der Waals surface area contributed by atoms with Crippen LogP contribution in [0.2, 0.25) is 0 Å². The molecule has 0 unspecified atom stereocenters. The molecule has 0 aromatic carbocycles. The molecule has 1 rings (SSSR count). The highest BCUT2D eigenvalue weighted by Gasteiger charge is 1.94. The molecule has 4 N–H and O–H groups in total. The minimum absolute atomic E-state index is 0.392. The van der Waals surface area contributed by atoms with Gasteiger partial charge in [-0.15, -0.1) is 0 Å². The summed E-state index contributed by atoms with van der Waals surface area (Å²) in [7, 11) is 0. The lowest BCUT2D eigenvalue weighted by Gasteiger charge is -1.96. The van der Waals surface area contributed by atoms with Gasteiger partial charge in [-0.1, -0.05) is 6.07 Å². The predicted octanol–water partition coefficient (Wildman–Crippen LogP) is -0.145. The molecule has 4 heteroatoms. The Labute approximate surface area is 64.9 Å². The van der Waals surface area contributed by atoms with Gasteiger partial charge in [-0.3, -0.25) is 4.98 Å². The Morgan fingerprint density at radius 1 is 1.55 bits per heavy atom. The highest BCUT2D eigenvalue weighted by atomic mass is 15.1. The monoisotopic (exact) mass is 150 g/mol. The first kappa shape index (κ1) is 7.53. The maximum atomic E-state index is 5.39. The number of nitrogens with zero attached hydrogens (tertiary/aromatic N) is 2. The normalized spacial score (nSPS) is 11.5. The van der Waals surface area contributed by atoms with E-state index in [2.05, 4.69) is 10.1 Å². The van der Waals surface area contributed by atoms with Gasteiger partial charge in [0.15, 0.2) is 0 Å². The molecule has 0 atom stereocenters. The number of rotatable bonds is 2. The van der Waals surface area contributed by atoms with E-state index in [4.69, 9.17) is 11.6 Å². The van der Waals surface area contributed by atoms with Crippen LogP contribution in [-0.4, -0.2) is 10.8 Å². The van der Waals surface area contributed by atoms with Gasteiger partial charge in [-0.05, 0) is 12.1 Å². The van der Waals surface area contributed by atoms with Crippen molar-refractivity contribution in [2.45, 2.75) is 6.42 Å². The Morgan fingerprint density at radius 3 is 2.91 bits per heavy atom. The lowest BCUT2D eigenvalue weighted by Crippen LogP contribution is -2.17. The molecule has 1 aromatic rings. The fraction of sp³-hybridized carbons (Fsp3) is 0.143. The minimum atomic E-state index is 0.392. The summed E-state index contributed by atoms with van der Waals surface area (Å²) in [5.41, 5.74) is 6.26. The van der Waals surface area contributed by atoms with E-state index in [0.717, 1.165) is 5.69 Å². The SMILES string of the molecule is N/N=C(/N)Cc1ccccn1. The first-order valence-corrected chi connectivity index (χ1v) is 3.25. The van der Waals surface area contributed by atoms with E-state index < -0.39 is 0 Å². The second kappa shape index (κ2) is 3.55. The summed E-state index contributed by atoms with van der Waals surface area (Å²) < 4.78 is 0. The minimum Gasteiger partial charge on any atom is -0.385 e. The van der Waals surface area contributed by atoms with Crippen molar-refractivity contribution in [2.75, 3.05) is 0 Å². The second-order valence-electron chi connectivity index (χ2n) is 2.12. The molecule has 0 amide bonds. The molecule has 0 saturated carbocycles. The third-order valence-electron chi connectivity index (χ3n) is 1.25. The number of aromatic nitrogens is 1. The van der Waals surface area contributed by atoms with Crippen LogP contribution < -0.4 is 11.6 Å². The summed E-state index contributed by atoms with van der Waals surface area (Å²) in [6.07, 6.45) is 2.22. The van der Waals surface area contributed by atoms with Crippen molar-refractivity contribution in [2.24, 2.45) is 16.7 Å². The van der Waals surface area contributed by atoms with Crippen LogP contribution in [0.15, 0.2) is 29.5 Å². The summed E-state index contributed by atoms with van der Waals surface area (Å²) in [5, 5.41) is 3.34. The quantitative estimate of drug-likeness (QED) is 0.266. The standard InChI is InChI=1S/C7H10N4/c8-7(11-9)5-6-3-1-2-4-10-6/h1-4H,5,9H2,(H2,8,11). The van der Waals surface area contributed by atoms with Crippen LogP contribution in [0.4, 0.5) is 0 Å². The Kier molecular flexibility index (Phi) is 2.43. The molecule has 0 saturated heterocycles. The van der Waals surface area contributed by atoms with Crippen LogP contribution in [0.25, 0.3) is 0 Å². The molecular formula is C7H10N4. The van der Waals surface area contributed by atoms with Gasteiger partial charge < -0.3 is 11.6 Å². The van der Waals surface area contributed by atoms with Gasteiger partial charge in [0.05, 0.1) is 0 Å². The zero-order valence-corrected chi connectivity index (χ0v) is 6.07. The van der Waals surface area contributed by atoms with Crippen LogP contribution in [0, 0.1) is 0 Å². The molecule has 0 aliphatic rings. The molecule has 1 aromatic heterocycles. The molecule has 0 aliphatic heterocycles. The number of hydrazone groups is 1. The number of hydrogen-bond acceptors (Lipinski definition) is 3. The van der Waals surface area contributed by atoms with Crippen LogP contribution in [-0.2, 0) is 6.42 Å². The molecule has 4 nitrogen and oxygen atoms in total. The van der Waals surface area contributed by atoms with Crippen molar-refractivity contribution in [1.82, 2.24) is 4.98 Å². The average molecular weight is 150 g/mol. The molecule has 0 spiro atoms. The summed E-state index contributed by atoms with van der Waals surface area (Å²) in [6.45, 7) is 0. The van der Waals surface area contributed by atoms with Crippen molar-refractivity contribution in [3.05, 3.63) is 30.1 Å². The summed E-state index contributed by atoms with van der Waals surface area (Å²) in [6, 6.07) is 5.61. The largest absolute Gasteiger partial charge is 0.385 e. The van der Waals surface area contributed by atoms with Gasteiger partial charge in [-0.25, -0.2) is 0 Å². The zero-order valence-electron chi connectivity index (χ0n) is 6.07. The lowest BCUT2D eigenvalue weighted by atomic mass is 10.2. The van der Waals surface area contributed by atoms with Crippen LogP contribution >= 0.6 is 0 Å². The van der Waals surface area contributed by atoms with Crippen molar-refractivity contribution in [1.29, 1.82) is 0 Å². The molecule has 0 aliphatic carbocycles. The van der Waals surface area contributed by atoms with E-state index in [-0.39, 0.29) is 0 Å². The number of amidine groups is 1. The number of pyridine rings is 1.